The van der Waals surface area contributed by atoms with E-state index in [2.05, 4.69) is 20.2 Å². The Balaban J connectivity index is 1.40. The molecule has 0 spiro atoms. The van der Waals surface area contributed by atoms with E-state index in [1.165, 1.54) is 0 Å². The maximum Gasteiger partial charge on any atom is 0.263 e. The fraction of sp³-hybridized carbons (Fsp3) is 0.227. The van der Waals surface area contributed by atoms with Gasteiger partial charge in [0, 0.05) is 42.6 Å². The van der Waals surface area contributed by atoms with Gasteiger partial charge in [-0.1, -0.05) is 29.8 Å². The van der Waals surface area contributed by atoms with Gasteiger partial charge in [-0.3, -0.25) is 4.79 Å². The van der Waals surface area contributed by atoms with Gasteiger partial charge in [0.05, 0.1) is 13.2 Å². The lowest BCUT2D eigenvalue weighted by molar-refractivity contribution is 0.0951. The van der Waals surface area contributed by atoms with E-state index in [0.29, 0.717) is 47.8 Å². The van der Waals surface area contributed by atoms with E-state index in [0.717, 1.165) is 18.7 Å². The first-order chi connectivity index (χ1) is 14.7. The highest BCUT2D eigenvalue weighted by atomic mass is 35.5. The van der Waals surface area contributed by atoms with Crippen LogP contribution in [-0.2, 0) is 11.3 Å². The van der Waals surface area contributed by atoms with E-state index in [-0.39, 0.29) is 5.91 Å². The first-order valence-corrected chi connectivity index (χ1v) is 10.0. The molecule has 1 saturated heterocycles. The topological polar surface area (TPSA) is 76.6 Å². The number of rotatable bonds is 6. The average Bonchev–Trinajstić information content (AvgIpc) is 2.80. The van der Waals surface area contributed by atoms with Gasteiger partial charge in [-0.05, 0) is 35.9 Å². The number of hydrogen-bond donors (Lipinski definition) is 1. The third kappa shape index (κ3) is 4.87. The Morgan fingerprint density at radius 3 is 2.57 bits per heavy atom. The summed E-state index contributed by atoms with van der Waals surface area (Å²) in [5.74, 6) is 1.50. The number of aromatic nitrogens is 2. The first-order valence-electron chi connectivity index (χ1n) is 9.64. The van der Waals surface area contributed by atoms with Gasteiger partial charge in [0.2, 0.25) is 0 Å². The second-order valence-electron chi connectivity index (χ2n) is 6.69. The molecule has 0 unspecified atom stereocenters. The number of carbonyl (C=O) groups excluding carboxylic acids is 1. The number of hydrogen-bond acceptors (Lipinski definition) is 6. The van der Waals surface area contributed by atoms with Gasteiger partial charge in [-0.15, -0.1) is 0 Å². The van der Waals surface area contributed by atoms with Crippen molar-refractivity contribution in [2.75, 3.05) is 31.2 Å². The molecule has 0 aliphatic carbocycles. The van der Waals surface area contributed by atoms with E-state index < -0.39 is 0 Å². The molecule has 0 atom stereocenters. The number of morpholine rings is 1. The van der Waals surface area contributed by atoms with Gasteiger partial charge in [0.25, 0.3) is 11.8 Å². The number of nitrogens with one attached hydrogen (secondary N) is 1. The summed E-state index contributed by atoms with van der Waals surface area (Å²) in [4.78, 5) is 23.2. The van der Waals surface area contributed by atoms with Gasteiger partial charge in [0.1, 0.15) is 5.75 Å². The lowest BCUT2D eigenvalue weighted by Gasteiger charge is -2.28. The molecule has 0 saturated carbocycles. The van der Waals surface area contributed by atoms with Gasteiger partial charge in [0.15, 0.2) is 5.82 Å². The van der Waals surface area contributed by atoms with Crippen molar-refractivity contribution in [2.45, 2.75) is 6.54 Å². The molecule has 1 aliphatic heterocycles. The van der Waals surface area contributed by atoms with Gasteiger partial charge < -0.3 is 19.7 Å². The lowest BCUT2D eigenvalue weighted by Crippen LogP contribution is -2.37. The van der Waals surface area contributed by atoms with Gasteiger partial charge in [-0.25, -0.2) is 9.97 Å². The minimum Gasteiger partial charge on any atom is -0.436 e. The minimum absolute atomic E-state index is 0.185. The molecule has 1 fully saturated rings. The molecule has 30 heavy (non-hydrogen) atoms. The molecule has 1 aromatic heterocycles. The summed E-state index contributed by atoms with van der Waals surface area (Å²) in [7, 11) is 0. The predicted octanol–water partition coefficient (Wildman–Crippen LogP) is 3.69. The van der Waals surface area contributed by atoms with E-state index >= 15 is 0 Å². The van der Waals surface area contributed by atoms with Crippen LogP contribution in [0.15, 0.2) is 60.9 Å². The van der Waals surface area contributed by atoms with Crippen molar-refractivity contribution < 1.29 is 14.3 Å². The summed E-state index contributed by atoms with van der Waals surface area (Å²) >= 11 is 6.13. The maximum absolute atomic E-state index is 12.4. The van der Waals surface area contributed by atoms with E-state index in [1.807, 2.05) is 18.2 Å². The number of halogens is 1. The number of amides is 1. The van der Waals surface area contributed by atoms with Crippen LogP contribution in [0.3, 0.4) is 0 Å². The Kier molecular flexibility index (Phi) is 6.41. The molecule has 2 heterocycles. The van der Waals surface area contributed by atoms with E-state index in [4.69, 9.17) is 21.1 Å². The third-order valence-corrected chi connectivity index (χ3v) is 5.05. The number of carbonyl (C=O) groups is 1. The summed E-state index contributed by atoms with van der Waals surface area (Å²) in [5.41, 5.74) is 1.40. The Hall–Kier alpha value is -3.16. The highest BCUT2D eigenvalue weighted by Gasteiger charge is 2.18. The largest absolute Gasteiger partial charge is 0.436 e. The Labute approximate surface area is 179 Å². The second kappa shape index (κ2) is 9.56. The average molecular weight is 425 g/mol. The Morgan fingerprint density at radius 1 is 1.07 bits per heavy atom. The van der Waals surface area contributed by atoms with Crippen molar-refractivity contribution in [1.29, 1.82) is 0 Å². The summed E-state index contributed by atoms with van der Waals surface area (Å²) < 4.78 is 11.3. The fourth-order valence-corrected chi connectivity index (χ4v) is 3.29. The third-order valence-electron chi connectivity index (χ3n) is 4.69. The Bertz CT molecular complexity index is 1010. The highest BCUT2D eigenvalue weighted by molar-refractivity contribution is 6.31. The molecule has 1 aliphatic rings. The van der Waals surface area contributed by atoms with Crippen molar-refractivity contribution >= 4 is 23.3 Å². The van der Waals surface area contributed by atoms with Crippen molar-refractivity contribution in [3.05, 3.63) is 77.1 Å². The molecule has 1 N–H and O–H groups in total. The first kappa shape index (κ1) is 20.1. The van der Waals surface area contributed by atoms with E-state index in [1.54, 1.807) is 42.7 Å². The normalized spacial score (nSPS) is 13.7. The molecule has 3 aromatic rings. The molecule has 154 valence electrons. The number of nitrogens with zero attached hydrogens (tertiary/aromatic N) is 3. The number of ether oxygens (including phenoxy) is 2. The van der Waals surface area contributed by atoms with Gasteiger partial charge >= 0.3 is 0 Å². The zero-order valence-corrected chi connectivity index (χ0v) is 17.0. The Morgan fingerprint density at radius 2 is 1.80 bits per heavy atom. The van der Waals surface area contributed by atoms with Crippen LogP contribution in [0, 0.1) is 0 Å². The van der Waals surface area contributed by atoms with Crippen molar-refractivity contribution in [2.24, 2.45) is 0 Å². The summed E-state index contributed by atoms with van der Waals surface area (Å²) in [5, 5.41) is 3.50. The van der Waals surface area contributed by atoms with Crippen LogP contribution >= 0.6 is 11.6 Å². The van der Waals surface area contributed by atoms with Crippen LogP contribution in [0.5, 0.6) is 11.6 Å². The van der Waals surface area contributed by atoms with Crippen LogP contribution in [0.1, 0.15) is 15.9 Å². The summed E-state index contributed by atoms with van der Waals surface area (Å²) in [6, 6.07) is 14.3. The molecule has 0 bridgehead atoms. The molecular weight excluding hydrogens is 404 g/mol. The summed E-state index contributed by atoms with van der Waals surface area (Å²) in [6.07, 6.45) is 3.24. The minimum atomic E-state index is -0.185. The predicted molar refractivity (Wildman–Crippen MR) is 114 cm³/mol. The van der Waals surface area contributed by atoms with E-state index in [9.17, 15) is 4.79 Å². The molecule has 1 amide bonds. The number of anilines is 1. The monoisotopic (exact) mass is 424 g/mol. The lowest BCUT2D eigenvalue weighted by atomic mass is 10.2. The second-order valence-corrected chi connectivity index (χ2v) is 7.09. The summed E-state index contributed by atoms with van der Waals surface area (Å²) in [6.45, 7) is 3.13. The fourth-order valence-electron chi connectivity index (χ4n) is 3.09. The smallest absolute Gasteiger partial charge is 0.263 e. The molecular formula is C22H21ClN4O3. The zero-order valence-electron chi connectivity index (χ0n) is 16.3. The van der Waals surface area contributed by atoms with Crippen LogP contribution in [0.25, 0.3) is 0 Å². The number of benzene rings is 2. The zero-order chi connectivity index (χ0) is 20.8. The van der Waals surface area contributed by atoms with Crippen LogP contribution in [-0.4, -0.2) is 42.2 Å². The maximum atomic E-state index is 12.4. The molecule has 7 nitrogen and oxygen atoms in total. The quantitative estimate of drug-likeness (QED) is 0.650. The van der Waals surface area contributed by atoms with Crippen LogP contribution < -0.4 is 15.0 Å². The van der Waals surface area contributed by atoms with Crippen LogP contribution in [0.4, 0.5) is 5.82 Å². The molecule has 2 aromatic carbocycles. The van der Waals surface area contributed by atoms with Crippen molar-refractivity contribution in [3.8, 4) is 11.6 Å². The standard InChI is InChI=1S/C22H21ClN4O3/c23-19-4-2-1-3-17(19)15-26-21(28)16-5-7-18(8-6-16)30-22-20(24-9-10-25-22)27-11-13-29-14-12-27/h1-10H,11-15H2,(H,26,28). The van der Waals surface area contributed by atoms with Crippen molar-refractivity contribution in [1.82, 2.24) is 15.3 Å². The van der Waals surface area contributed by atoms with Crippen molar-refractivity contribution in [3.63, 3.8) is 0 Å². The SMILES string of the molecule is O=C(NCc1ccccc1Cl)c1ccc(Oc2nccnc2N2CCOCC2)cc1. The highest BCUT2D eigenvalue weighted by Crippen LogP contribution is 2.28. The van der Waals surface area contributed by atoms with Gasteiger partial charge in [-0.2, -0.15) is 0 Å². The molecule has 0 radical (unpaired) electrons. The molecule has 8 heteroatoms. The molecule has 4 rings (SSSR count). The van der Waals surface area contributed by atoms with Crippen LogP contribution in [0.2, 0.25) is 5.02 Å².